The minimum absolute atomic E-state index is 0.0930. The van der Waals surface area contributed by atoms with Crippen molar-refractivity contribution >= 4 is 23.0 Å². The third kappa shape index (κ3) is 4.21. The van der Waals surface area contributed by atoms with Gasteiger partial charge < -0.3 is 24.5 Å². The molecular weight excluding hydrogens is 444 g/mol. The first-order chi connectivity index (χ1) is 17.0. The summed E-state index contributed by atoms with van der Waals surface area (Å²) >= 11 is 0. The molecule has 7 nitrogen and oxygen atoms in total. The smallest absolute Gasteiger partial charge is 0.407 e. The van der Waals surface area contributed by atoms with E-state index in [1.807, 2.05) is 72.3 Å². The molecule has 1 aliphatic rings. The minimum Gasteiger partial charge on any atom is -0.497 e. The Bertz CT molecular complexity index is 1380. The van der Waals surface area contributed by atoms with Crippen molar-refractivity contribution in [2.75, 3.05) is 13.7 Å². The van der Waals surface area contributed by atoms with Crippen LogP contribution >= 0.6 is 0 Å². The lowest BCUT2D eigenvalue weighted by atomic mass is 9.98. The van der Waals surface area contributed by atoms with Gasteiger partial charge in [-0.25, -0.2) is 9.59 Å². The molecule has 4 aromatic rings. The van der Waals surface area contributed by atoms with Crippen molar-refractivity contribution in [1.82, 2.24) is 9.88 Å². The fourth-order valence-corrected chi connectivity index (χ4v) is 4.90. The van der Waals surface area contributed by atoms with Gasteiger partial charge in [0.2, 0.25) is 0 Å². The Balaban J connectivity index is 1.29. The Morgan fingerprint density at radius 3 is 2.29 bits per heavy atom. The summed E-state index contributed by atoms with van der Waals surface area (Å²) in [7, 11) is 3.47. The van der Waals surface area contributed by atoms with Gasteiger partial charge in [-0.3, -0.25) is 0 Å². The molecule has 0 radical (unpaired) electrons. The number of aryl methyl sites for hydroxylation is 1. The zero-order valence-corrected chi connectivity index (χ0v) is 19.5. The van der Waals surface area contributed by atoms with Gasteiger partial charge in [0, 0.05) is 36.0 Å². The van der Waals surface area contributed by atoms with Gasteiger partial charge in [-0.2, -0.15) is 0 Å². The average Bonchev–Trinajstić information content (AvgIpc) is 3.36. The van der Waals surface area contributed by atoms with Crippen molar-refractivity contribution in [2.45, 2.75) is 18.4 Å². The molecule has 1 atom stereocenters. The lowest BCUT2D eigenvalue weighted by Crippen LogP contribution is -2.43. The van der Waals surface area contributed by atoms with Crippen LogP contribution in [0, 0.1) is 0 Å². The van der Waals surface area contributed by atoms with E-state index in [0.29, 0.717) is 0 Å². The van der Waals surface area contributed by atoms with Crippen LogP contribution in [0.4, 0.5) is 4.79 Å². The Labute approximate surface area is 202 Å². The highest BCUT2D eigenvalue weighted by Gasteiger charge is 2.30. The Morgan fingerprint density at radius 1 is 1.00 bits per heavy atom. The zero-order chi connectivity index (χ0) is 24.5. The number of methoxy groups -OCH3 is 1. The number of alkyl carbamates (subject to hydrolysis) is 1. The molecule has 178 valence electrons. The van der Waals surface area contributed by atoms with E-state index < -0.39 is 18.1 Å². The molecule has 1 amide bonds. The number of aromatic nitrogens is 1. The van der Waals surface area contributed by atoms with Crippen LogP contribution in [0.5, 0.6) is 5.75 Å². The first-order valence-corrected chi connectivity index (χ1v) is 11.4. The topological polar surface area (TPSA) is 89.8 Å². The van der Waals surface area contributed by atoms with Gasteiger partial charge in [0.15, 0.2) is 0 Å². The van der Waals surface area contributed by atoms with Gasteiger partial charge in [0.05, 0.1) is 7.11 Å². The normalized spacial score (nSPS) is 13.2. The maximum absolute atomic E-state index is 12.6. The van der Waals surface area contributed by atoms with Gasteiger partial charge in [-0.1, -0.05) is 48.5 Å². The van der Waals surface area contributed by atoms with Crippen molar-refractivity contribution in [2.24, 2.45) is 7.05 Å². The number of carbonyl (C=O) groups is 2. The molecule has 7 heteroatoms. The number of benzene rings is 3. The van der Waals surface area contributed by atoms with Crippen LogP contribution < -0.4 is 10.1 Å². The first kappa shape index (κ1) is 22.5. The maximum atomic E-state index is 12.6. The van der Waals surface area contributed by atoms with Crippen LogP contribution in [0.25, 0.3) is 22.0 Å². The predicted molar refractivity (Wildman–Crippen MR) is 133 cm³/mol. The van der Waals surface area contributed by atoms with Crippen LogP contribution in [0.15, 0.2) is 72.8 Å². The van der Waals surface area contributed by atoms with Gasteiger partial charge in [0.25, 0.3) is 0 Å². The lowest BCUT2D eigenvalue weighted by molar-refractivity contribution is -0.139. The van der Waals surface area contributed by atoms with Crippen molar-refractivity contribution < 1.29 is 24.2 Å². The summed E-state index contributed by atoms with van der Waals surface area (Å²) in [6.45, 7) is 0.125. The second kappa shape index (κ2) is 9.18. The largest absolute Gasteiger partial charge is 0.497 e. The van der Waals surface area contributed by atoms with E-state index in [9.17, 15) is 14.7 Å². The van der Waals surface area contributed by atoms with Crippen LogP contribution in [0.3, 0.4) is 0 Å². The van der Waals surface area contributed by atoms with Crippen molar-refractivity contribution in [3.8, 4) is 16.9 Å². The third-order valence-electron chi connectivity index (χ3n) is 6.70. The molecule has 1 heterocycles. The summed E-state index contributed by atoms with van der Waals surface area (Å²) in [5, 5.41) is 13.2. The Kier molecular flexibility index (Phi) is 5.91. The van der Waals surface area contributed by atoms with Crippen molar-refractivity contribution in [3.63, 3.8) is 0 Å². The van der Waals surface area contributed by atoms with E-state index in [4.69, 9.17) is 9.47 Å². The molecule has 1 aliphatic carbocycles. The highest BCUT2D eigenvalue weighted by molar-refractivity contribution is 5.84. The van der Waals surface area contributed by atoms with E-state index in [1.54, 1.807) is 7.11 Å². The maximum Gasteiger partial charge on any atom is 0.407 e. The molecule has 3 aromatic carbocycles. The van der Waals surface area contributed by atoms with Crippen LogP contribution in [0.1, 0.15) is 22.7 Å². The summed E-state index contributed by atoms with van der Waals surface area (Å²) in [6, 6.07) is 22.6. The molecule has 0 spiro atoms. The molecule has 35 heavy (non-hydrogen) atoms. The molecule has 1 aromatic heterocycles. The van der Waals surface area contributed by atoms with Gasteiger partial charge in [0.1, 0.15) is 18.4 Å². The van der Waals surface area contributed by atoms with Crippen LogP contribution in [-0.2, 0) is 23.0 Å². The molecule has 0 saturated heterocycles. The second-order valence-corrected chi connectivity index (χ2v) is 8.68. The van der Waals surface area contributed by atoms with E-state index in [1.165, 1.54) is 0 Å². The zero-order valence-electron chi connectivity index (χ0n) is 19.5. The number of fused-ring (bicyclic) bond motifs is 4. The third-order valence-corrected chi connectivity index (χ3v) is 6.70. The standard InChI is InChI=1S/C28H26N2O5/c1-30-18(13-17-14-19(34-2)11-12-26(17)30)15-25(27(31)32)29-28(33)35-16-24-22-9-5-3-7-20(22)21-8-4-6-10-23(21)24/h3-14,24-25H,15-16H2,1-2H3,(H,29,33)(H,31,32). The Morgan fingerprint density at radius 2 is 1.66 bits per heavy atom. The predicted octanol–water partition coefficient (Wildman–Crippen LogP) is 4.72. The summed E-state index contributed by atoms with van der Waals surface area (Å²) in [5.74, 6) is -0.493. The number of carboxylic acids is 1. The molecular formula is C28H26N2O5. The fourth-order valence-electron chi connectivity index (χ4n) is 4.90. The molecule has 0 aliphatic heterocycles. The number of nitrogens with one attached hydrogen (secondary N) is 1. The van der Waals surface area contributed by atoms with Crippen molar-refractivity contribution in [1.29, 1.82) is 0 Å². The number of ether oxygens (including phenoxy) is 2. The number of nitrogens with zero attached hydrogens (tertiary/aromatic N) is 1. The fraction of sp³-hybridized carbons (Fsp3) is 0.214. The highest BCUT2D eigenvalue weighted by atomic mass is 16.5. The van der Waals surface area contributed by atoms with Gasteiger partial charge >= 0.3 is 12.1 Å². The number of aliphatic carboxylic acids is 1. The minimum atomic E-state index is -1.13. The SMILES string of the molecule is COc1ccc2c(c1)cc(CC(NC(=O)OCC1c3ccccc3-c3ccccc31)C(=O)O)n2C. The van der Waals surface area contributed by atoms with Gasteiger partial charge in [-0.15, -0.1) is 0 Å². The lowest BCUT2D eigenvalue weighted by Gasteiger charge is -2.18. The molecule has 5 rings (SSSR count). The summed E-state index contributed by atoms with van der Waals surface area (Å²) in [5.41, 5.74) is 6.19. The average molecular weight is 471 g/mol. The Hall–Kier alpha value is -4.26. The summed E-state index contributed by atoms with van der Waals surface area (Å²) < 4.78 is 12.7. The quantitative estimate of drug-likeness (QED) is 0.408. The number of rotatable bonds is 7. The van der Waals surface area contributed by atoms with E-state index >= 15 is 0 Å². The molecule has 0 fully saturated rings. The van der Waals surface area contributed by atoms with E-state index in [2.05, 4.69) is 17.4 Å². The summed E-state index contributed by atoms with van der Waals surface area (Å²) in [6.07, 6.45) is -0.632. The van der Waals surface area contributed by atoms with E-state index in [-0.39, 0.29) is 18.9 Å². The number of carboxylic acid groups (broad SMARTS) is 1. The highest BCUT2D eigenvalue weighted by Crippen LogP contribution is 2.44. The first-order valence-electron chi connectivity index (χ1n) is 11.4. The number of hydrogen-bond acceptors (Lipinski definition) is 4. The molecule has 2 N–H and O–H groups in total. The number of hydrogen-bond donors (Lipinski definition) is 2. The van der Waals surface area contributed by atoms with Crippen molar-refractivity contribution in [3.05, 3.63) is 89.6 Å². The molecule has 1 unspecified atom stereocenters. The monoisotopic (exact) mass is 470 g/mol. The summed E-state index contributed by atoms with van der Waals surface area (Å²) in [4.78, 5) is 24.6. The molecule has 0 bridgehead atoms. The second-order valence-electron chi connectivity index (χ2n) is 8.68. The molecule has 0 saturated carbocycles. The van der Waals surface area contributed by atoms with Gasteiger partial charge in [-0.05, 0) is 46.5 Å². The van der Waals surface area contributed by atoms with E-state index in [0.717, 1.165) is 44.6 Å². The van der Waals surface area contributed by atoms with Crippen LogP contribution in [0.2, 0.25) is 0 Å². The number of amides is 1. The number of carbonyl (C=O) groups excluding carboxylic acids is 1. The van der Waals surface area contributed by atoms with Crippen LogP contribution in [-0.4, -0.2) is 41.5 Å².